The van der Waals surface area contributed by atoms with Crippen molar-refractivity contribution >= 4 is 30.0 Å². The molecule has 0 saturated carbocycles. The smallest absolute Gasteiger partial charge is 0.425 e. The lowest BCUT2D eigenvalue weighted by Gasteiger charge is -2.40. The Kier molecular flexibility index (Phi) is 14.3. The summed E-state index contributed by atoms with van der Waals surface area (Å²) < 4.78 is 74.0. The van der Waals surface area contributed by atoms with Crippen molar-refractivity contribution in [3.63, 3.8) is 0 Å². The SMILES string of the molecule is CC(OC(=O)CC1CCN(C)CC1)OC(=O)O[C@@](Cn1cncn1)(c1ccc(F)cc1F)[C@@H](C)SC1COC(/C=C/C=C/c2ccc(C#N)cc2F)OC1. The molecule has 2 aliphatic heterocycles. The molecule has 1 aromatic heterocycles. The lowest BCUT2D eigenvalue weighted by Crippen LogP contribution is -2.47. The van der Waals surface area contributed by atoms with E-state index in [9.17, 15) is 18.4 Å². The van der Waals surface area contributed by atoms with Gasteiger partial charge in [-0.25, -0.2) is 27.6 Å². The second-order valence-electron chi connectivity index (χ2n) is 13.1. The minimum Gasteiger partial charge on any atom is -0.425 e. The summed E-state index contributed by atoms with van der Waals surface area (Å²) >= 11 is 1.28. The number of hydrogen-bond acceptors (Lipinski definition) is 12. The molecule has 0 spiro atoms. The van der Waals surface area contributed by atoms with Crippen LogP contribution in [0.5, 0.6) is 0 Å². The number of nitrogens with zero attached hydrogens (tertiary/aromatic N) is 5. The van der Waals surface area contributed by atoms with E-state index < -0.39 is 53.0 Å². The van der Waals surface area contributed by atoms with E-state index in [2.05, 4.69) is 15.0 Å². The number of benzene rings is 2. The van der Waals surface area contributed by atoms with Crippen LogP contribution in [0.15, 0.2) is 67.3 Å². The molecule has 3 atom stereocenters. The Morgan fingerprint density at radius 1 is 1.07 bits per heavy atom. The van der Waals surface area contributed by atoms with Gasteiger partial charge in [0.25, 0.3) is 0 Å². The molecule has 0 radical (unpaired) electrons. The number of rotatable bonds is 14. The first-order valence-electron chi connectivity index (χ1n) is 17.4. The molecule has 1 unspecified atom stereocenters. The number of hydrogen-bond donors (Lipinski definition) is 0. The fraction of sp³-hybridized carbons (Fsp3) is 0.447. The van der Waals surface area contributed by atoms with Crippen LogP contribution in [0.1, 0.15) is 49.8 Å². The van der Waals surface area contributed by atoms with E-state index in [1.54, 1.807) is 31.2 Å². The Morgan fingerprint density at radius 3 is 2.50 bits per heavy atom. The first kappa shape index (κ1) is 40.5. The van der Waals surface area contributed by atoms with E-state index in [0.29, 0.717) is 11.6 Å². The van der Waals surface area contributed by atoms with Gasteiger partial charge in [0.1, 0.15) is 30.1 Å². The third kappa shape index (κ3) is 11.2. The number of carbonyl (C=O) groups is 2. The van der Waals surface area contributed by atoms with Gasteiger partial charge in [0.15, 0.2) is 11.9 Å². The van der Waals surface area contributed by atoms with Gasteiger partial charge < -0.3 is 28.6 Å². The van der Waals surface area contributed by atoms with E-state index in [-0.39, 0.29) is 48.5 Å². The first-order chi connectivity index (χ1) is 25.9. The molecule has 16 heteroatoms. The molecule has 2 aromatic carbocycles. The van der Waals surface area contributed by atoms with E-state index >= 15 is 4.39 Å². The van der Waals surface area contributed by atoms with Gasteiger partial charge in [-0.2, -0.15) is 10.4 Å². The number of piperidine rings is 1. The van der Waals surface area contributed by atoms with Gasteiger partial charge >= 0.3 is 12.1 Å². The zero-order valence-corrected chi connectivity index (χ0v) is 30.9. The quantitative estimate of drug-likeness (QED) is 0.102. The number of likely N-dealkylation sites (tertiary alicyclic amines) is 1. The summed E-state index contributed by atoms with van der Waals surface area (Å²) in [5.74, 6) is -2.68. The minimum atomic E-state index is -1.85. The number of aromatic nitrogens is 3. The number of esters is 1. The molecule has 5 rings (SSSR count). The standard InChI is InChI=1S/C38H42F3N5O7S/c1-25(54-31-20-49-36(50-21-31)7-5-4-6-29-9-8-28(19-42)16-33(29)40)38(22-46-24-43-23-44-46,32-11-10-30(39)18-34(32)41)53-37(48)52-26(2)51-35(47)17-27-12-14-45(3)15-13-27/h4-11,16,18,23-27,31,36H,12-15,17,20-22H2,1-3H3/b6-4+,7-5+/t25-,26?,31?,36?,38-/m1/s1. The first-order valence-corrected chi connectivity index (χ1v) is 18.4. The maximum Gasteiger partial charge on any atom is 0.512 e. The van der Waals surface area contributed by atoms with E-state index in [1.807, 2.05) is 13.1 Å². The maximum atomic E-state index is 15.7. The van der Waals surface area contributed by atoms with E-state index in [0.717, 1.165) is 38.1 Å². The molecule has 54 heavy (non-hydrogen) atoms. The predicted molar refractivity (Wildman–Crippen MR) is 192 cm³/mol. The zero-order chi connectivity index (χ0) is 38.7. The number of nitriles is 1. The van der Waals surface area contributed by atoms with Crippen molar-refractivity contribution in [2.45, 2.75) is 68.3 Å². The van der Waals surface area contributed by atoms with Crippen molar-refractivity contribution in [3.8, 4) is 6.07 Å². The summed E-state index contributed by atoms with van der Waals surface area (Å²) in [6, 6.07) is 9.02. The van der Waals surface area contributed by atoms with Crippen molar-refractivity contribution in [2.24, 2.45) is 5.92 Å². The molecule has 12 nitrogen and oxygen atoms in total. The molecule has 0 amide bonds. The van der Waals surface area contributed by atoms with Crippen LogP contribution >= 0.6 is 11.8 Å². The maximum absolute atomic E-state index is 15.7. The number of halogens is 3. The van der Waals surface area contributed by atoms with Crippen molar-refractivity contribution in [3.05, 3.63) is 101 Å². The monoisotopic (exact) mass is 769 g/mol. The molecule has 288 valence electrons. The van der Waals surface area contributed by atoms with Gasteiger partial charge in [-0.3, -0.25) is 4.79 Å². The fourth-order valence-electron chi connectivity index (χ4n) is 6.19. The highest BCUT2D eigenvalue weighted by Gasteiger charge is 2.47. The molecular weight excluding hydrogens is 728 g/mol. The van der Waals surface area contributed by atoms with Crippen molar-refractivity contribution in [1.29, 1.82) is 5.26 Å². The Morgan fingerprint density at radius 2 is 1.83 bits per heavy atom. The number of carbonyl (C=O) groups excluding carboxylic acids is 2. The number of ether oxygens (including phenoxy) is 5. The predicted octanol–water partition coefficient (Wildman–Crippen LogP) is 6.37. The molecule has 2 aliphatic rings. The van der Waals surface area contributed by atoms with Gasteiger partial charge in [0.2, 0.25) is 6.29 Å². The van der Waals surface area contributed by atoms with Crippen LogP contribution in [-0.4, -0.2) is 88.2 Å². The lowest BCUT2D eigenvalue weighted by molar-refractivity contribution is -0.173. The molecule has 3 aromatic rings. The summed E-state index contributed by atoms with van der Waals surface area (Å²) in [5, 5.41) is 12.0. The number of allylic oxidation sites excluding steroid dienone is 2. The highest BCUT2D eigenvalue weighted by atomic mass is 32.2. The van der Waals surface area contributed by atoms with Crippen molar-refractivity contribution in [1.82, 2.24) is 19.7 Å². The average Bonchev–Trinajstić information content (AvgIpc) is 3.64. The van der Waals surface area contributed by atoms with Crippen LogP contribution < -0.4 is 0 Å². The molecular formula is C38H42F3N5O7S. The largest absolute Gasteiger partial charge is 0.512 e. The third-order valence-corrected chi connectivity index (χ3v) is 10.5. The summed E-state index contributed by atoms with van der Waals surface area (Å²) in [6.07, 6.45) is 7.68. The third-order valence-electron chi connectivity index (χ3n) is 9.10. The van der Waals surface area contributed by atoms with Crippen LogP contribution in [0.2, 0.25) is 0 Å². The summed E-state index contributed by atoms with van der Waals surface area (Å²) in [6.45, 7) is 4.99. The Labute approximate surface area is 315 Å². The topological polar surface area (TPSA) is 138 Å². The van der Waals surface area contributed by atoms with Crippen LogP contribution in [0, 0.1) is 34.7 Å². The summed E-state index contributed by atoms with van der Waals surface area (Å²) in [5.41, 5.74) is -1.46. The molecule has 3 heterocycles. The molecule has 2 saturated heterocycles. The fourth-order valence-corrected chi connectivity index (χ4v) is 7.55. The molecule has 0 bridgehead atoms. The Bertz CT molecular complexity index is 1830. The van der Waals surface area contributed by atoms with E-state index in [1.165, 1.54) is 54.2 Å². The zero-order valence-electron chi connectivity index (χ0n) is 30.1. The molecule has 2 fully saturated rings. The van der Waals surface area contributed by atoms with Gasteiger partial charge in [-0.1, -0.05) is 24.3 Å². The Hall–Kier alpha value is -4.69. The van der Waals surface area contributed by atoms with Gasteiger partial charge in [-0.15, -0.1) is 11.8 Å². The van der Waals surface area contributed by atoms with Crippen LogP contribution in [-0.2, 0) is 40.6 Å². The minimum absolute atomic E-state index is 0.146. The average molecular weight is 770 g/mol. The summed E-state index contributed by atoms with van der Waals surface area (Å²) in [7, 11) is 2.02. The van der Waals surface area contributed by atoms with Gasteiger partial charge in [-0.05, 0) is 76.2 Å². The normalized spacial score (nSPS) is 20.6. The van der Waals surface area contributed by atoms with Gasteiger partial charge in [0, 0.05) is 35.8 Å². The molecule has 0 N–H and O–H groups in total. The van der Waals surface area contributed by atoms with Crippen LogP contribution in [0.25, 0.3) is 6.08 Å². The molecule has 0 aliphatic carbocycles. The second kappa shape index (κ2) is 19.1. The van der Waals surface area contributed by atoms with Crippen molar-refractivity contribution in [2.75, 3.05) is 33.4 Å². The Balaban J connectivity index is 1.26. The van der Waals surface area contributed by atoms with Gasteiger partial charge in [0.05, 0.1) is 36.6 Å². The lowest BCUT2D eigenvalue weighted by atomic mass is 9.89. The number of thioether (sulfide) groups is 1. The van der Waals surface area contributed by atoms with Crippen molar-refractivity contribution < 1.29 is 46.4 Å². The highest BCUT2D eigenvalue weighted by Crippen LogP contribution is 2.42. The van der Waals surface area contributed by atoms with Crippen LogP contribution in [0.3, 0.4) is 0 Å². The highest BCUT2D eigenvalue weighted by molar-refractivity contribution is 8.00. The summed E-state index contributed by atoms with van der Waals surface area (Å²) in [4.78, 5) is 32.3. The van der Waals surface area contributed by atoms with E-state index in [4.69, 9.17) is 28.9 Å². The second-order valence-corrected chi connectivity index (χ2v) is 14.8. The van der Waals surface area contributed by atoms with Crippen LogP contribution in [0.4, 0.5) is 18.0 Å².